The molecule has 0 spiro atoms. The fourth-order valence-corrected chi connectivity index (χ4v) is 5.51. The number of carbonyl (C=O) groups excluding carboxylic acids is 1. The first kappa shape index (κ1) is 22.4. The van der Waals surface area contributed by atoms with Crippen molar-refractivity contribution in [1.29, 1.82) is 0 Å². The highest BCUT2D eigenvalue weighted by molar-refractivity contribution is 7.89. The third kappa shape index (κ3) is 4.73. The van der Waals surface area contributed by atoms with Crippen molar-refractivity contribution in [2.45, 2.75) is 51.5 Å². The van der Waals surface area contributed by atoms with Gasteiger partial charge in [-0.3, -0.25) is 4.79 Å². The highest BCUT2D eigenvalue weighted by atomic mass is 32.2. The molecule has 5 nitrogen and oxygen atoms in total. The second-order valence-electron chi connectivity index (χ2n) is 8.18. The standard InChI is InChI=1S/C23H29FN2O3S/c1-15-12-17(3)22(13-16(15)2)18(4)25-23(27)19-6-5-11-26(14-19)30(28,29)21-9-7-20(24)8-10-21/h7-10,12-13,18-19H,5-6,11,14H2,1-4H3,(H,25,27)/t18-,19-/m0/s1. The fraction of sp³-hybridized carbons (Fsp3) is 0.435. The minimum atomic E-state index is -3.76. The van der Waals surface area contributed by atoms with Crippen LogP contribution >= 0.6 is 0 Å². The van der Waals surface area contributed by atoms with Crippen LogP contribution in [0.5, 0.6) is 0 Å². The molecular weight excluding hydrogens is 403 g/mol. The predicted octanol–water partition coefficient (Wildman–Crippen LogP) is 4.03. The first-order valence-corrected chi connectivity index (χ1v) is 11.7. The van der Waals surface area contributed by atoms with Gasteiger partial charge in [-0.2, -0.15) is 4.31 Å². The van der Waals surface area contributed by atoms with Gasteiger partial charge in [0.2, 0.25) is 15.9 Å². The molecule has 162 valence electrons. The monoisotopic (exact) mass is 432 g/mol. The molecule has 1 saturated heterocycles. The summed E-state index contributed by atoms with van der Waals surface area (Å²) in [7, 11) is -3.76. The van der Waals surface area contributed by atoms with Crippen LogP contribution in [0, 0.1) is 32.5 Å². The van der Waals surface area contributed by atoms with E-state index in [4.69, 9.17) is 0 Å². The number of sulfonamides is 1. The van der Waals surface area contributed by atoms with Gasteiger partial charge in [0.15, 0.2) is 0 Å². The number of aryl methyl sites for hydroxylation is 3. The SMILES string of the molecule is Cc1cc(C)c([C@H](C)NC(=O)[C@H]2CCCN(S(=O)(=O)c3ccc(F)cc3)C2)cc1C. The van der Waals surface area contributed by atoms with E-state index in [1.54, 1.807) is 0 Å². The normalized spacial score (nSPS) is 18.8. The van der Waals surface area contributed by atoms with Gasteiger partial charge in [0.05, 0.1) is 16.9 Å². The lowest BCUT2D eigenvalue weighted by Gasteiger charge is -2.32. The summed E-state index contributed by atoms with van der Waals surface area (Å²) in [5, 5.41) is 3.06. The number of nitrogens with zero attached hydrogens (tertiary/aromatic N) is 1. The van der Waals surface area contributed by atoms with E-state index in [1.807, 2.05) is 20.8 Å². The summed E-state index contributed by atoms with van der Waals surface area (Å²) in [4.78, 5) is 13.0. The van der Waals surface area contributed by atoms with Crippen LogP contribution in [0.2, 0.25) is 0 Å². The molecule has 2 aromatic rings. The molecule has 0 aromatic heterocycles. The van der Waals surface area contributed by atoms with Crippen molar-refractivity contribution in [3.05, 3.63) is 64.5 Å². The number of nitrogens with one attached hydrogen (secondary N) is 1. The van der Waals surface area contributed by atoms with Crippen LogP contribution in [0.4, 0.5) is 4.39 Å². The molecule has 1 N–H and O–H groups in total. The summed E-state index contributed by atoms with van der Waals surface area (Å²) < 4.78 is 40.3. The molecule has 1 aliphatic heterocycles. The molecule has 1 heterocycles. The molecule has 1 aliphatic rings. The number of hydrogen-bond donors (Lipinski definition) is 1. The lowest BCUT2D eigenvalue weighted by Crippen LogP contribution is -2.45. The van der Waals surface area contributed by atoms with Gasteiger partial charge in [-0.15, -0.1) is 0 Å². The van der Waals surface area contributed by atoms with E-state index in [9.17, 15) is 17.6 Å². The van der Waals surface area contributed by atoms with E-state index >= 15 is 0 Å². The van der Waals surface area contributed by atoms with Crippen LogP contribution in [-0.2, 0) is 14.8 Å². The summed E-state index contributed by atoms with van der Waals surface area (Å²) in [6.45, 7) is 8.58. The Hall–Kier alpha value is -2.25. The van der Waals surface area contributed by atoms with Gasteiger partial charge < -0.3 is 5.32 Å². The van der Waals surface area contributed by atoms with Crippen molar-refractivity contribution >= 4 is 15.9 Å². The average molecular weight is 433 g/mol. The Kier molecular flexibility index (Phi) is 6.62. The molecule has 0 radical (unpaired) electrons. The van der Waals surface area contributed by atoms with Crippen molar-refractivity contribution in [3.8, 4) is 0 Å². The van der Waals surface area contributed by atoms with Crippen LogP contribution in [-0.4, -0.2) is 31.7 Å². The second kappa shape index (κ2) is 8.86. The maximum Gasteiger partial charge on any atom is 0.243 e. The number of rotatable bonds is 5. The van der Waals surface area contributed by atoms with E-state index in [1.165, 1.54) is 27.6 Å². The highest BCUT2D eigenvalue weighted by Crippen LogP contribution is 2.26. The van der Waals surface area contributed by atoms with Gasteiger partial charge >= 0.3 is 0 Å². The summed E-state index contributed by atoms with van der Waals surface area (Å²) in [5.74, 6) is -1.04. The maximum atomic E-state index is 13.2. The molecule has 0 unspecified atom stereocenters. The Labute approximate surface area is 178 Å². The Bertz CT molecular complexity index is 1040. The maximum absolute atomic E-state index is 13.2. The molecule has 2 atom stereocenters. The zero-order valence-corrected chi connectivity index (χ0v) is 18.7. The molecular formula is C23H29FN2O3S. The van der Waals surface area contributed by atoms with Crippen molar-refractivity contribution in [2.24, 2.45) is 5.92 Å². The first-order chi connectivity index (χ1) is 14.1. The number of carbonyl (C=O) groups is 1. The van der Waals surface area contributed by atoms with E-state index in [0.717, 1.165) is 23.3 Å². The van der Waals surface area contributed by atoms with Gasteiger partial charge in [0.25, 0.3) is 0 Å². The largest absolute Gasteiger partial charge is 0.349 e. The van der Waals surface area contributed by atoms with E-state index in [0.29, 0.717) is 19.4 Å². The van der Waals surface area contributed by atoms with Crippen molar-refractivity contribution in [1.82, 2.24) is 9.62 Å². The minimum Gasteiger partial charge on any atom is -0.349 e. The molecule has 0 aliphatic carbocycles. The van der Waals surface area contributed by atoms with Crippen molar-refractivity contribution in [3.63, 3.8) is 0 Å². The summed E-state index contributed by atoms with van der Waals surface area (Å²) in [6.07, 6.45) is 1.25. The van der Waals surface area contributed by atoms with Gasteiger partial charge in [0.1, 0.15) is 5.82 Å². The van der Waals surface area contributed by atoms with Crippen LogP contribution in [0.3, 0.4) is 0 Å². The molecule has 30 heavy (non-hydrogen) atoms. The molecule has 7 heteroatoms. The molecule has 0 saturated carbocycles. The second-order valence-corrected chi connectivity index (χ2v) is 10.1. The molecule has 3 rings (SSSR count). The molecule has 1 fully saturated rings. The van der Waals surface area contributed by atoms with E-state index in [2.05, 4.69) is 24.4 Å². The molecule has 1 amide bonds. The van der Waals surface area contributed by atoms with Gasteiger partial charge in [-0.05, 0) is 87.1 Å². The minimum absolute atomic E-state index is 0.0454. The summed E-state index contributed by atoms with van der Waals surface area (Å²) >= 11 is 0. The third-order valence-corrected chi connectivity index (χ3v) is 7.79. The molecule has 2 aromatic carbocycles. The first-order valence-electron chi connectivity index (χ1n) is 10.2. The van der Waals surface area contributed by atoms with Crippen LogP contribution < -0.4 is 5.32 Å². The predicted molar refractivity (Wildman–Crippen MR) is 115 cm³/mol. The van der Waals surface area contributed by atoms with E-state index in [-0.39, 0.29) is 23.4 Å². The number of piperidine rings is 1. The lowest BCUT2D eigenvalue weighted by molar-refractivity contribution is -0.126. The van der Waals surface area contributed by atoms with Crippen molar-refractivity contribution in [2.75, 3.05) is 13.1 Å². The molecule has 0 bridgehead atoms. The highest BCUT2D eigenvalue weighted by Gasteiger charge is 2.33. The zero-order valence-electron chi connectivity index (χ0n) is 17.9. The average Bonchev–Trinajstić information content (AvgIpc) is 2.71. The van der Waals surface area contributed by atoms with Crippen LogP contribution in [0.15, 0.2) is 41.3 Å². The number of benzene rings is 2. The van der Waals surface area contributed by atoms with E-state index < -0.39 is 21.8 Å². The Balaban J connectivity index is 1.71. The fourth-order valence-electron chi connectivity index (χ4n) is 3.99. The lowest BCUT2D eigenvalue weighted by atomic mass is 9.95. The van der Waals surface area contributed by atoms with Crippen LogP contribution in [0.1, 0.15) is 48.1 Å². The Morgan fingerprint density at radius 1 is 1.10 bits per heavy atom. The quantitative estimate of drug-likeness (QED) is 0.776. The summed E-state index contributed by atoms with van der Waals surface area (Å²) in [6, 6.07) is 8.84. The van der Waals surface area contributed by atoms with Crippen molar-refractivity contribution < 1.29 is 17.6 Å². The third-order valence-electron chi connectivity index (χ3n) is 5.91. The van der Waals surface area contributed by atoms with Gasteiger partial charge in [0, 0.05) is 13.1 Å². The van der Waals surface area contributed by atoms with Crippen LogP contribution in [0.25, 0.3) is 0 Å². The topological polar surface area (TPSA) is 66.5 Å². The Morgan fingerprint density at radius 2 is 1.73 bits per heavy atom. The van der Waals surface area contributed by atoms with Gasteiger partial charge in [-0.1, -0.05) is 12.1 Å². The Morgan fingerprint density at radius 3 is 2.40 bits per heavy atom. The van der Waals surface area contributed by atoms with Gasteiger partial charge in [-0.25, -0.2) is 12.8 Å². The number of hydrogen-bond acceptors (Lipinski definition) is 3. The summed E-state index contributed by atoms with van der Waals surface area (Å²) in [5.41, 5.74) is 4.57. The smallest absolute Gasteiger partial charge is 0.243 e. The number of halogens is 1. The number of amides is 1. The zero-order chi connectivity index (χ0) is 22.1.